The van der Waals surface area contributed by atoms with E-state index in [-0.39, 0.29) is 0 Å². The van der Waals surface area contributed by atoms with Crippen molar-refractivity contribution >= 4 is 17.3 Å². The fourth-order valence-electron chi connectivity index (χ4n) is 2.92. The Balaban J connectivity index is 0.000000687. The number of hydrogen-bond donors (Lipinski definition) is 2. The summed E-state index contributed by atoms with van der Waals surface area (Å²) >= 11 is -2.61. The van der Waals surface area contributed by atoms with Gasteiger partial charge in [0, 0.05) is 22.3 Å². The Labute approximate surface area is 172 Å². The molecule has 0 aliphatic rings. The highest BCUT2D eigenvalue weighted by Gasteiger charge is 2.40. The number of ether oxygens (including phenoxy) is 1. The summed E-state index contributed by atoms with van der Waals surface area (Å²) in [6.45, 7) is 5.41. The van der Waals surface area contributed by atoms with Crippen LogP contribution in [0.1, 0.15) is 23.6 Å². The van der Waals surface area contributed by atoms with Gasteiger partial charge in [-0.1, -0.05) is 97.6 Å². The highest BCUT2D eigenvalue weighted by molar-refractivity contribution is 7.73. The summed E-state index contributed by atoms with van der Waals surface area (Å²) in [4.78, 5) is 12.6. The van der Waals surface area contributed by atoms with E-state index in [1.165, 1.54) is 0 Å². The average Bonchev–Trinajstić information content (AvgIpc) is 2.73. The van der Waals surface area contributed by atoms with Crippen molar-refractivity contribution in [1.82, 2.24) is 0 Å². The second-order valence-electron chi connectivity index (χ2n) is 6.18. The molecule has 29 heavy (non-hydrogen) atoms. The van der Waals surface area contributed by atoms with Crippen LogP contribution in [0.2, 0.25) is 0 Å². The first-order valence-electron chi connectivity index (χ1n) is 8.73. The molecule has 0 fully saturated rings. The topological polar surface area (TPSA) is 83.8 Å². The highest BCUT2D eigenvalue weighted by Crippen LogP contribution is 2.40. The van der Waals surface area contributed by atoms with Gasteiger partial charge in [0.15, 0.2) is 5.60 Å². The van der Waals surface area contributed by atoms with E-state index in [4.69, 9.17) is 18.1 Å². The minimum Gasteiger partial charge on any atom is -0.441 e. The van der Waals surface area contributed by atoms with E-state index in [1.807, 2.05) is 91.0 Å². The normalized spacial score (nSPS) is 10.6. The lowest BCUT2D eigenvalue weighted by Crippen LogP contribution is -2.35. The molecule has 2 N–H and O–H groups in total. The fraction of sp³-hybridized carbons (Fsp3) is 0.0870. The summed E-state index contributed by atoms with van der Waals surface area (Å²) in [7, 11) is 0. The van der Waals surface area contributed by atoms with Crippen molar-refractivity contribution < 1.29 is 22.8 Å². The zero-order chi connectivity index (χ0) is 21.3. The predicted octanol–water partition coefficient (Wildman–Crippen LogP) is 4.78. The van der Waals surface area contributed by atoms with Crippen LogP contribution in [0.15, 0.2) is 103 Å². The Morgan fingerprint density at radius 2 is 1.07 bits per heavy atom. The van der Waals surface area contributed by atoms with Gasteiger partial charge in [0.1, 0.15) is 0 Å². The molecule has 3 rings (SSSR count). The molecule has 0 heterocycles. The van der Waals surface area contributed by atoms with Gasteiger partial charge in [-0.2, -0.15) is 4.21 Å². The maximum absolute atomic E-state index is 12.6. The molecule has 6 heteroatoms. The number of esters is 1. The van der Waals surface area contributed by atoms with E-state index >= 15 is 0 Å². The van der Waals surface area contributed by atoms with Crippen LogP contribution in [0, 0.1) is 0 Å². The number of rotatable bonds is 5. The van der Waals surface area contributed by atoms with Gasteiger partial charge in [-0.15, -0.1) is 0 Å². The molecular formula is C23H22O5S. The lowest BCUT2D eigenvalue weighted by molar-refractivity contribution is -0.148. The highest BCUT2D eigenvalue weighted by atomic mass is 32.2. The Hall–Kier alpha value is -3.06. The molecule has 0 radical (unpaired) electrons. The molecule has 0 saturated heterocycles. The smallest absolute Gasteiger partial charge is 0.334 e. The zero-order valence-electron chi connectivity index (χ0n) is 15.9. The Bertz CT molecular complexity index is 856. The third-order valence-electron chi connectivity index (χ3n) is 4.14. The largest absolute Gasteiger partial charge is 0.441 e. The number of hydrogen-bond acceptors (Lipinski definition) is 3. The van der Waals surface area contributed by atoms with Crippen LogP contribution in [-0.4, -0.2) is 19.3 Å². The summed E-state index contributed by atoms with van der Waals surface area (Å²) < 4.78 is 29.0. The van der Waals surface area contributed by atoms with Crippen LogP contribution in [-0.2, 0) is 26.5 Å². The predicted molar refractivity (Wildman–Crippen MR) is 114 cm³/mol. The summed E-state index contributed by atoms with van der Waals surface area (Å²) in [5.74, 6) is -0.420. The first-order valence-corrected chi connectivity index (χ1v) is 9.79. The zero-order valence-corrected chi connectivity index (χ0v) is 16.7. The molecule has 0 saturated carbocycles. The first-order chi connectivity index (χ1) is 13.9. The van der Waals surface area contributed by atoms with E-state index in [9.17, 15) is 4.79 Å². The summed E-state index contributed by atoms with van der Waals surface area (Å²) in [5, 5.41) is 0. The molecule has 0 unspecified atom stereocenters. The van der Waals surface area contributed by atoms with Gasteiger partial charge in [-0.05, 0) is 6.92 Å². The van der Waals surface area contributed by atoms with Gasteiger partial charge in [-0.25, -0.2) is 4.79 Å². The van der Waals surface area contributed by atoms with Crippen LogP contribution >= 0.6 is 0 Å². The Morgan fingerprint density at radius 1 is 0.793 bits per heavy atom. The molecule has 0 aromatic heterocycles. The molecule has 0 amide bonds. The van der Waals surface area contributed by atoms with E-state index in [0.717, 1.165) is 16.7 Å². The lowest BCUT2D eigenvalue weighted by atomic mass is 9.80. The van der Waals surface area contributed by atoms with Crippen molar-refractivity contribution in [3.63, 3.8) is 0 Å². The third-order valence-corrected chi connectivity index (χ3v) is 4.14. The third kappa shape index (κ3) is 5.71. The standard InChI is InChI=1S/C23H20O2.H2O3S/c1-18(2)22(24)25-23(19-12-6-3-7-13-19,20-14-8-4-9-15-20)21-16-10-5-11-17-21;1-4(2)3/h3-17H,1H2,2H3;(H2,1,2,3). The van der Waals surface area contributed by atoms with Crippen LogP contribution in [0.4, 0.5) is 0 Å². The molecule has 3 aromatic rings. The van der Waals surface area contributed by atoms with Crippen molar-refractivity contribution in [2.24, 2.45) is 0 Å². The average molecular weight is 410 g/mol. The van der Waals surface area contributed by atoms with Gasteiger partial charge < -0.3 is 4.74 Å². The molecule has 0 bridgehead atoms. The van der Waals surface area contributed by atoms with E-state index in [2.05, 4.69) is 6.58 Å². The maximum Gasteiger partial charge on any atom is 0.334 e. The SMILES string of the molecule is C=C(C)C(=O)OC(c1ccccc1)(c1ccccc1)c1ccccc1.O=S(O)O. The van der Waals surface area contributed by atoms with E-state index in [1.54, 1.807) is 6.92 Å². The first kappa shape index (κ1) is 22.2. The summed E-state index contributed by atoms with van der Waals surface area (Å²) in [6, 6.07) is 29.4. The number of carbonyl (C=O) groups excluding carboxylic acids is 1. The molecule has 0 atom stereocenters. The van der Waals surface area contributed by atoms with Crippen molar-refractivity contribution in [1.29, 1.82) is 0 Å². The Kier molecular flexibility index (Phi) is 8.03. The maximum atomic E-state index is 12.6. The molecular weight excluding hydrogens is 388 g/mol. The molecule has 0 aliphatic carbocycles. The quantitative estimate of drug-likeness (QED) is 0.274. The van der Waals surface area contributed by atoms with Gasteiger partial charge in [0.2, 0.25) is 0 Å². The van der Waals surface area contributed by atoms with Crippen molar-refractivity contribution in [3.8, 4) is 0 Å². The van der Waals surface area contributed by atoms with Crippen molar-refractivity contribution in [2.75, 3.05) is 0 Å². The van der Waals surface area contributed by atoms with Crippen LogP contribution in [0.3, 0.4) is 0 Å². The van der Waals surface area contributed by atoms with Crippen molar-refractivity contribution in [3.05, 3.63) is 120 Å². The van der Waals surface area contributed by atoms with Gasteiger partial charge in [0.05, 0.1) is 0 Å². The van der Waals surface area contributed by atoms with Gasteiger partial charge >= 0.3 is 5.97 Å². The second kappa shape index (κ2) is 10.5. The van der Waals surface area contributed by atoms with Crippen molar-refractivity contribution in [2.45, 2.75) is 12.5 Å². The Morgan fingerprint density at radius 3 is 1.31 bits per heavy atom. The molecule has 0 aliphatic heterocycles. The minimum absolute atomic E-state index is 0.368. The van der Waals surface area contributed by atoms with E-state index in [0.29, 0.717) is 5.57 Å². The molecule has 5 nitrogen and oxygen atoms in total. The molecule has 0 spiro atoms. The lowest BCUT2D eigenvalue weighted by Gasteiger charge is -2.35. The fourth-order valence-corrected chi connectivity index (χ4v) is 2.92. The van der Waals surface area contributed by atoms with Crippen LogP contribution in [0.25, 0.3) is 0 Å². The monoisotopic (exact) mass is 410 g/mol. The van der Waals surface area contributed by atoms with Crippen LogP contribution in [0.5, 0.6) is 0 Å². The summed E-state index contributed by atoms with van der Waals surface area (Å²) in [6.07, 6.45) is 0. The van der Waals surface area contributed by atoms with Gasteiger partial charge in [0.25, 0.3) is 11.4 Å². The van der Waals surface area contributed by atoms with E-state index < -0.39 is 22.9 Å². The number of benzene rings is 3. The number of carbonyl (C=O) groups is 1. The summed E-state index contributed by atoms with van der Waals surface area (Å²) in [5.41, 5.74) is 2.01. The molecule has 150 valence electrons. The molecule has 3 aromatic carbocycles. The second-order valence-corrected chi connectivity index (χ2v) is 6.64. The minimum atomic E-state index is -2.61. The van der Waals surface area contributed by atoms with Crippen LogP contribution < -0.4 is 0 Å². The van der Waals surface area contributed by atoms with Gasteiger partial charge in [-0.3, -0.25) is 9.11 Å².